The molecule has 2 aliphatic rings. The minimum Gasteiger partial charge on any atom is -0.391 e. The molecular weight excluding hydrogens is 380 g/mol. The zero-order chi connectivity index (χ0) is 21.1. The molecule has 7 heteroatoms. The van der Waals surface area contributed by atoms with Crippen LogP contribution < -0.4 is 11.1 Å². The van der Waals surface area contributed by atoms with Crippen molar-refractivity contribution in [2.24, 2.45) is 11.7 Å². The standard InChI is InChI=1S/C23H30N4O3/c24-21(29)17-14-25-20(27-22(17)26-18-7-4-8-19(18)28)13-15-9-11-23(30,12-10-15)16-5-2-1-3-6-16/h1-3,5-6,14-15,18-19,28,30H,4,7-13H2,(H2,24,29)(H,25,26,27)/t15?,18-,19-,23?/m0/s1. The first-order valence-electron chi connectivity index (χ1n) is 10.8. The molecule has 1 aromatic carbocycles. The minimum atomic E-state index is -0.764. The van der Waals surface area contributed by atoms with Crippen LogP contribution in [0.1, 0.15) is 66.7 Å². The maximum Gasteiger partial charge on any atom is 0.254 e. The second kappa shape index (κ2) is 8.70. The Kier molecular flexibility index (Phi) is 6.01. The first-order chi connectivity index (χ1) is 14.4. The van der Waals surface area contributed by atoms with Gasteiger partial charge < -0.3 is 21.3 Å². The number of nitrogens with two attached hydrogens (primary N) is 1. The molecule has 7 nitrogen and oxygen atoms in total. The molecule has 4 rings (SSSR count). The zero-order valence-electron chi connectivity index (χ0n) is 17.1. The van der Waals surface area contributed by atoms with Crippen LogP contribution in [0.25, 0.3) is 0 Å². The SMILES string of the molecule is NC(=O)c1cnc(CC2CCC(O)(c3ccccc3)CC2)nc1N[C@H]1CCC[C@@H]1O. The molecule has 2 aromatic rings. The number of aliphatic hydroxyl groups excluding tert-OH is 1. The Morgan fingerprint density at radius 3 is 2.53 bits per heavy atom. The number of hydrogen-bond donors (Lipinski definition) is 4. The number of amides is 1. The van der Waals surface area contributed by atoms with Crippen LogP contribution in [-0.4, -0.2) is 38.2 Å². The largest absolute Gasteiger partial charge is 0.391 e. The summed E-state index contributed by atoms with van der Waals surface area (Å²) in [6.07, 6.45) is 7.43. The zero-order valence-corrected chi connectivity index (χ0v) is 17.1. The number of nitrogens with zero attached hydrogens (tertiary/aromatic N) is 2. The van der Waals surface area contributed by atoms with E-state index in [9.17, 15) is 15.0 Å². The lowest BCUT2D eigenvalue weighted by Gasteiger charge is -2.36. The lowest BCUT2D eigenvalue weighted by molar-refractivity contribution is -0.0143. The molecule has 0 spiro atoms. The molecule has 2 atom stereocenters. The van der Waals surface area contributed by atoms with Crippen LogP contribution in [0.2, 0.25) is 0 Å². The van der Waals surface area contributed by atoms with Gasteiger partial charge in [0.1, 0.15) is 11.6 Å². The highest BCUT2D eigenvalue weighted by molar-refractivity contribution is 5.97. The second-order valence-electron chi connectivity index (χ2n) is 8.71. The molecule has 1 amide bonds. The van der Waals surface area contributed by atoms with Crippen LogP contribution in [0, 0.1) is 5.92 Å². The number of anilines is 1. The highest BCUT2D eigenvalue weighted by Gasteiger charge is 2.35. The van der Waals surface area contributed by atoms with E-state index in [1.54, 1.807) is 0 Å². The monoisotopic (exact) mass is 410 g/mol. The van der Waals surface area contributed by atoms with E-state index in [1.165, 1.54) is 6.20 Å². The van der Waals surface area contributed by atoms with Crippen molar-refractivity contribution in [3.63, 3.8) is 0 Å². The molecule has 2 aliphatic carbocycles. The Balaban J connectivity index is 1.43. The van der Waals surface area contributed by atoms with Gasteiger partial charge in [-0.25, -0.2) is 9.97 Å². The van der Waals surface area contributed by atoms with Crippen LogP contribution in [0.15, 0.2) is 36.5 Å². The third-order valence-electron chi connectivity index (χ3n) is 6.62. The summed E-state index contributed by atoms with van der Waals surface area (Å²) in [6, 6.07) is 9.73. The predicted molar refractivity (Wildman–Crippen MR) is 114 cm³/mol. The summed E-state index contributed by atoms with van der Waals surface area (Å²) in [5.41, 5.74) is 5.96. The van der Waals surface area contributed by atoms with Gasteiger partial charge in [0.15, 0.2) is 0 Å². The van der Waals surface area contributed by atoms with E-state index in [0.717, 1.165) is 37.7 Å². The van der Waals surface area contributed by atoms with Gasteiger partial charge in [0.2, 0.25) is 0 Å². The normalized spacial score (nSPS) is 28.9. The van der Waals surface area contributed by atoms with E-state index in [4.69, 9.17) is 5.73 Å². The first kappa shape index (κ1) is 20.8. The lowest BCUT2D eigenvalue weighted by Crippen LogP contribution is -2.32. The molecule has 5 N–H and O–H groups in total. The molecule has 1 aromatic heterocycles. The van der Waals surface area contributed by atoms with Crippen molar-refractivity contribution in [1.29, 1.82) is 0 Å². The van der Waals surface area contributed by atoms with Crippen LogP contribution in [0.4, 0.5) is 5.82 Å². The number of benzene rings is 1. The van der Waals surface area contributed by atoms with Crippen LogP contribution in [-0.2, 0) is 12.0 Å². The molecule has 2 fully saturated rings. The maximum atomic E-state index is 11.8. The Morgan fingerprint density at radius 2 is 1.90 bits per heavy atom. The molecule has 2 saturated carbocycles. The van der Waals surface area contributed by atoms with Gasteiger partial charge in [-0.05, 0) is 56.4 Å². The van der Waals surface area contributed by atoms with E-state index in [2.05, 4.69) is 15.3 Å². The van der Waals surface area contributed by atoms with Gasteiger partial charge in [0, 0.05) is 12.6 Å². The summed E-state index contributed by atoms with van der Waals surface area (Å²) in [7, 11) is 0. The minimum absolute atomic E-state index is 0.124. The predicted octanol–water partition coefficient (Wildman–Crippen LogP) is 2.52. The van der Waals surface area contributed by atoms with Gasteiger partial charge in [-0.3, -0.25) is 4.79 Å². The highest BCUT2D eigenvalue weighted by atomic mass is 16.3. The van der Waals surface area contributed by atoms with Crippen molar-refractivity contribution in [2.75, 3.05) is 5.32 Å². The molecule has 0 aliphatic heterocycles. The van der Waals surface area contributed by atoms with Crippen LogP contribution in [0.5, 0.6) is 0 Å². The third kappa shape index (κ3) is 4.47. The van der Waals surface area contributed by atoms with E-state index < -0.39 is 17.6 Å². The van der Waals surface area contributed by atoms with E-state index in [1.807, 2.05) is 30.3 Å². The van der Waals surface area contributed by atoms with Gasteiger partial charge in [0.25, 0.3) is 5.91 Å². The Bertz CT molecular complexity index is 881. The molecule has 0 bridgehead atoms. The number of hydrogen-bond acceptors (Lipinski definition) is 6. The number of primary amides is 1. The van der Waals surface area contributed by atoms with Gasteiger partial charge in [-0.15, -0.1) is 0 Å². The lowest BCUT2D eigenvalue weighted by atomic mass is 9.74. The average Bonchev–Trinajstić information content (AvgIpc) is 3.15. The summed E-state index contributed by atoms with van der Waals surface area (Å²) in [4.78, 5) is 20.7. The fraction of sp³-hybridized carbons (Fsp3) is 0.522. The van der Waals surface area contributed by atoms with Crippen molar-refractivity contribution < 1.29 is 15.0 Å². The number of nitrogens with one attached hydrogen (secondary N) is 1. The summed E-state index contributed by atoms with van der Waals surface area (Å²) >= 11 is 0. The molecule has 0 unspecified atom stereocenters. The van der Waals surface area contributed by atoms with Gasteiger partial charge >= 0.3 is 0 Å². The fourth-order valence-electron chi connectivity index (χ4n) is 4.75. The summed E-state index contributed by atoms with van der Waals surface area (Å²) in [5, 5.41) is 24.4. The second-order valence-corrected chi connectivity index (χ2v) is 8.71. The summed E-state index contributed by atoms with van der Waals surface area (Å²) in [6.45, 7) is 0. The van der Waals surface area contributed by atoms with Crippen molar-refractivity contribution in [2.45, 2.75) is 69.1 Å². The molecule has 160 valence electrons. The summed E-state index contributed by atoms with van der Waals surface area (Å²) in [5.74, 6) is 0.862. The molecule has 1 heterocycles. The Labute approximate surface area is 176 Å². The quantitative estimate of drug-likeness (QED) is 0.581. The number of aromatic nitrogens is 2. The van der Waals surface area contributed by atoms with Gasteiger partial charge in [-0.2, -0.15) is 0 Å². The number of rotatable bonds is 6. The van der Waals surface area contributed by atoms with Crippen LogP contribution in [0.3, 0.4) is 0 Å². The highest BCUT2D eigenvalue weighted by Crippen LogP contribution is 2.40. The number of aliphatic hydroxyl groups is 2. The number of carbonyl (C=O) groups is 1. The fourth-order valence-corrected chi connectivity index (χ4v) is 4.75. The number of carbonyl (C=O) groups excluding carboxylic acids is 1. The molecule has 0 radical (unpaired) electrons. The average molecular weight is 411 g/mol. The molecule has 0 saturated heterocycles. The van der Waals surface area contributed by atoms with Crippen molar-refractivity contribution in [1.82, 2.24) is 9.97 Å². The smallest absolute Gasteiger partial charge is 0.254 e. The first-order valence-corrected chi connectivity index (χ1v) is 10.8. The van der Waals surface area contributed by atoms with Crippen molar-refractivity contribution in [3.05, 3.63) is 53.5 Å². The van der Waals surface area contributed by atoms with E-state index in [-0.39, 0.29) is 11.6 Å². The summed E-state index contributed by atoms with van der Waals surface area (Å²) < 4.78 is 0. The Hall–Kier alpha value is -2.51. The maximum absolute atomic E-state index is 11.8. The topological polar surface area (TPSA) is 121 Å². The van der Waals surface area contributed by atoms with Crippen molar-refractivity contribution >= 4 is 11.7 Å². The van der Waals surface area contributed by atoms with Crippen molar-refractivity contribution in [3.8, 4) is 0 Å². The third-order valence-corrected chi connectivity index (χ3v) is 6.62. The molecule has 30 heavy (non-hydrogen) atoms. The van der Waals surface area contributed by atoms with Gasteiger partial charge in [-0.1, -0.05) is 30.3 Å². The van der Waals surface area contributed by atoms with E-state index in [0.29, 0.717) is 36.8 Å². The van der Waals surface area contributed by atoms with E-state index >= 15 is 0 Å². The van der Waals surface area contributed by atoms with Gasteiger partial charge in [0.05, 0.1) is 23.3 Å². The molecular formula is C23H30N4O3. The Morgan fingerprint density at radius 1 is 1.17 bits per heavy atom. The van der Waals surface area contributed by atoms with Crippen LogP contribution >= 0.6 is 0 Å².